The van der Waals surface area contributed by atoms with Crippen LogP contribution in [0.1, 0.15) is 60.1 Å². The summed E-state index contributed by atoms with van der Waals surface area (Å²) in [5, 5.41) is 37.4. The smallest absolute Gasteiger partial charge is 0.0682 e. The first kappa shape index (κ1) is 20.3. The molecule has 4 N–H and O–H groups in total. The molecule has 4 nitrogen and oxygen atoms in total. The lowest BCUT2D eigenvalue weighted by Gasteiger charge is -2.17. The lowest BCUT2D eigenvalue weighted by atomic mass is 9.89. The molecule has 0 saturated carbocycles. The maximum Gasteiger partial charge on any atom is 0.0682 e. The first-order chi connectivity index (χ1) is 11.6. The molecule has 2 rings (SSSR count). The molecule has 0 aromatic heterocycles. The Morgan fingerprint density at radius 2 is 0.833 bits per heavy atom. The van der Waals surface area contributed by atoms with Gasteiger partial charge in [-0.25, -0.2) is 0 Å². The fourth-order valence-electron chi connectivity index (χ4n) is 2.64. The summed E-state index contributed by atoms with van der Waals surface area (Å²) in [5.74, 6) is 0.0219. The van der Waals surface area contributed by atoms with Gasteiger partial charge in [0.25, 0.3) is 0 Å². The quantitative estimate of drug-likeness (QED) is 0.656. The number of aliphatic hydroxyl groups excluding tert-OH is 4. The van der Waals surface area contributed by atoms with Gasteiger partial charge in [-0.3, -0.25) is 0 Å². The van der Waals surface area contributed by atoms with E-state index >= 15 is 0 Å². The molecule has 0 heterocycles. The highest BCUT2D eigenvalue weighted by Gasteiger charge is 2.12. The summed E-state index contributed by atoms with van der Waals surface area (Å²) < 4.78 is 0. The summed E-state index contributed by atoms with van der Waals surface area (Å²) >= 11 is 0. The third-order valence-corrected chi connectivity index (χ3v) is 3.88. The van der Waals surface area contributed by atoms with Crippen molar-refractivity contribution in [3.8, 4) is 0 Å². The van der Waals surface area contributed by atoms with E-state index in [0.29, 0.717) is 0 Å². The van der Waals surface area contributed by atoms with Gasteiger partial charge in [0.1, 0.15) is 0 Å². The normalized spacial score (nSPS) is 10.5. The van der Waals surface area contributed by atoms with Gasteiger partial charge in [-0.05, 0) is 33.4 Å². The Hall–Kier alpha value is -1.72. The van der Waals surface area contributed by atoms with Crippen LogP contribution in [0, 0.1) is 0 Å². The van der Waals surface area contributed by atoms with Crippen molar-refractivity contribution in [1.29, 1.82) is 0 Å². The van der Waals surface area contributed by atoms with Crippen molar-refractivity contribution in [1.82, 2.24) is 0 Å². The molecule has 0 bridgehead atoms. The summed E-state index contributed by atoms with van der Waals surface area (Å²) in [7, 11) is 0. The van der Waals surface area contributed by atoms with Crippen molar-refractivity contribution < 1.29 is 20.4 Å². The van der Waals surface area contributed by atoms with Gasteiger partial charge in [0.05, 0.1) is 26.4 Å². The second-order valence-corrected chi connectivity index (χ2v) is 5.52. The van der Waals surface area contributed by atoms with Crippen molar-refractivity contribution in [3.05, 3.63) is 69.8 Å². The van der Waals surface area contributed by atoms with E-state index < -0.39 is 0 Å². The number of aliphatic hydroxyl groups is 4. The van der Waals surface area contributed by atoms with E-state index in [1.165, 1.54) is 0 Å². The molecule has 24 heavy (non-hydrogen) atoms. The van der Waals surface area contributed by atoms with Gasteiger partial charge in [0.2, 0.25) is 0 Å². The molecule has 0 unspecified atom stereocenters. The SMILES string of the molecule is CC.CC(c1cc(CO)cc(CO)c1)c1cc(CO)cc(CO)c1. The molecular weight excluding hydrogens is 304 g/mol. The Balaban J connectivity index is 0.00000139. The second kappa shape index (κ2) is 10.2. The summed E-state index contributed by atoms with van der Waals surface area (Å²) in [6.07, 6.45) is 0. The Morgan fingerprint density at radius 3 is 1.04 bits per heavy atom. The van der Waals surface area contributed by atoms with Crippen LogP contribution in [-0.2, 0) is 26.4 Å². The van der Waals surface area contributed by atoms with E-state index in [9.17, 15) is 20.4 Å². The van der Waals surface area contributed by atoms with Crippen LogP contribution in [0.15, 0.2) is 36.4 Å². The summed E-state index contributed by atoms with van der Waals surface area (Å²) in [5.41, 5.74) is 5.00. The number of benzene rings is 2. The van der Waals surface area contributed by atoms with Crippen molar-refractivity contribution >= 4 is 0 Å². The van der Waals surface area contributed by atoms with Gasteiger partial charge < -0.3 is 20.4 Å². The van der Waals surface area contributed by atoms with Gasteiger partial charge >= 0.3 is 0 Å². The third kappa shape index (κ3) is 5.14. The van der Waals surface area contributed by atoms with E-state index in [-0.39, 0.29) is 32.3 Å². The molecule has 2 aromatic rings. The Kier molecular flexibility index (Phi) is 8.65. The topological polar surface area (TPSA) is 80.9 Å². The minimum Gasteiger partial charge on any atom is -0.392 e. The molecule has 0 fully saturated rings. The van der Waals surface area contributed by atoms with Gasteiger partial charge in [0.15, 0.2) is 0 Å². The molecule has 0 atom stereocenters. The van der Waals surface area contributed by atoms with Crippen LogP contribution in [0.3, 0.4) is 0 Å². The van der Waals surface area contributed by atoms with Crippen molar-refractivity contribution in [3.63, 3.8) is 0 Å². The lowest BCUT2D eigenvalue weighted by Crippen LogP contribution is -2.02. The van der Waals surface area contributed by atoms with Crippen molar-refractivity contribution in [2.24, 2.45) is 0 Å². The van der Waals surface area contributed by atoms with Crippen molar-refractivity contribution in [2.45, 2.75) is 53.1 Å². The van der Waals surface area contributed by atoms with Crippen LogP contribution in [0.5, 0.6) is 0 Å². The molecule has 4 heteroatoms. The fourth-order valence-corrected chi connectivity index (χ4v) is 2.64. The molecule has 0 spiro atoms. The molecule has 0 amide bonds. The lowest BCUT2D eigenvalue weighted by molar-refractivity contribution is 0.275. The van der Waals surface area contributed by atoms with E-state index in [1.807, 2.05) is 45.0 Å². The highest BCUT2D eigenvalue weighted by atomic mass is 16.3. The standard InChI is InChI=1S/C18H22O4.C2H6/c1-12(17-4-13(8-19)2-14(5-17)9-20)18-6-15(10-21)3-16(7-18)11-22;1-2/h2-7,12,19-22H,8-11H2,1H3;1-2H3. The zero-order chi connectivity index (χ0) is 18.1. The van der Waals surface area contributed by atoms with Crippen LogP contribution < -0.4 is 0 Å². The number of hydrogen-bond acceptors (Lipinski definition) is 4. The zero-order valence-corrected chi connectivity index (χ0v) is 14.7. The largest absolute Gasteiger partial charge is 0.392 e. The molecule has 132 valence electrons. The molecule has 0 radical (unpaired) electrons. The Bertz CT molecular complexity index is 538. The van der Waals surface area contributed by atoms with Gasteiger partial charge in [-0.15, -0.1) is 0 Å². The number of hydrogen-bond donors (Lipinski definition) is 4. The van der Waals surface area contributed by atoms with Crippen LogP contribution in [-0.4, -0.2) is 20.4 Å². The monoisotopic (exact) mass is 332 g/mol. The zero-order valence-electron chi connectivity index (χ0n) is 14.7. The predicted molar refractivity (Wildman–Crippen MR) is 95.4 cm³/mol. The molecule has 0 aliphatic carbocycles. The number of rotatable bonds is 6. The third-order valence-electron chi connectivity index (χ3n) is 3.88. The van der Waals surface area contributed by atoms with Gasteiger partial charge in [-0.2, -0.15) is 0 Å². The minimum atomic E-state index is -0.0773. The maximum atomic E-state index is 9.35. The van der Waals surface area contributed by atoms with Gasteiger partial charge in [-0.1, -0.05) is 57.2 Å². The molecule has 0 saturated heterocycles. The predicted octanol–water partition coefficient (Wildman–Crippen LogP) is 2.83. The summed E-state index contributed by atoms with van der Waals surface area (Å²) in [4.78, 5) is 0. The average molecular weight is 332 g/mol. The highest BCUT2D eigenvalue weighted by Crippen LogP contribution is 2.28. The maximum absolute atomic E-state index is 9.35. The van der Waals surface area contributed by atoms with E-state index in [1.54, 1.807) is 12.1 Å². The molecular formula is C20H28O4. The first-order valence-electron chi connectivity index (χ1n) is 8.30. The first-order valence-corrected chi connectivity index (χ1v) is 8.30. The Morgan fingerprint density at radius 1 is 0.583 bits per heavy atom. The molecule has 2 aromatic carbocycles. The Labute approximate surface area is 144 Å². The van der Waals surface area contributed by atoms with Crippen molar-refractivity contribution in [2.75, 3.05) is 0 Å². The van der Waals surface area contributed by atoms with Crippen LogP contribution >= 0.6 is 0 Å². The molecule has 0 aliphatic rings. The summed E-state index contributed by atoms with van der Waals surface area (Å²) in [6.45, 7) is 5.71. The highest BCUT2D eigenvalue weighted by molar-refractivity contribution is 5.40. The second-order valence-electron chi connectivity index (χ2n) is 5.52. The average Bonchev–Trinajstić information content (AvgIpc) is 2.67. The van der Waals surface area contributed by atoms with Crippen LogP contribution in [0.2, 0.25) is 0 Å². The van der Waals surface area contributed by atoms with Crippen LogP contribution in [0.25, 0.3) is 0 Å². The minimum absolute atomic E-state index is 0.0219. The van der Waals surface area contributed by atoms with Crippen LogP contribution in [0.4, 0.5) is 0 Å². The fraction of sp³-hybridized carbons (Fsp3) is 0.400. The van der Waals surface area contributed by atoms with E-state index in [4.69, 9.17) is 0 Å². The van der Waals surface area contributed by atoms with Gasteiger partial charge in [0, 0.05) is 5.92 Å². The van der Waals surface area contributed by atoms with E-state index in [2.05, 4.69) is 0 Å². The van der Waals surface area contributed by atoms with E-state index in [0.717, 1.165) is 33.4 Å². The molecule has 0 aliphatic heterocycles. The summed E-state index contributed by atoms with van der Waals surface area (Å²) in [6, 6.07) is 11.2.